The Balaban J connectivity index is 1.18. The van der Waals surface area contributed by atoms with E-state index < -0.39 is 90.8 Å². The molecule has 348 valence electrons. The van der Waals surface area contributed by atoms with Crippen molar-refractivity contribution in [1.82, 2.24) is 0 Å². The maximum absolute atomic E-state index is 14.3. The van der Waals surface area contributed by atoms with Gasteiger partial charge in [-0.3, -0.25) is 4.79 Å². The number of esters is 1. The molecule has 3 N–H and O–H groups in total. The molecule has 0 aromatic carbocycles. The van der Waals surface area contributed by atoms with Crippen molar-refractivity contribution < 1.29 is 67.5 Å². The van der Waals surface area contributed by atoms with Crippen molar-refractivity contribution in [3.63, 3.8) is 0 Å². The van der Waals surface area contributed by atoms with Crippen LogP contribution in [0.5, 0.6) is 0 Å². The summed E-state index contributed by atoms with van der Waals surface area (Å²) in [5.41, 5.74) is 0.134. The fraction of sp³-hybridized carbons (Fsp3) is 0.771. The average Bonchev–Trinajstić information content (AvgIpc) is 3.58. The predicted octanol–water partition coefficient (Wildman–Crippen LogP) is 5.38. The minimum absolute atomic E-state index is 0.0317. The molecule has 1 spiro atoms. The highest BCUT2D eigenvalue weighted by molar-refractivity contribution is 5.78. The smallest absolute Gasteiger partial charge is 0.316 e. The summed E-state index contributed by atoms with van der Waals surface area (Å²) in [5, 5.41) is 34.2. The van der Waals surface area contributed by atoms with Crippen LogP contribution >= 0.6 is 0 Å². The van der Waals surface area contributed by atoms with E-state index in [1.54, 1.807) is 40.2 Å². The van der Waals surface area contributed by atoms with E-state index in [1.165, 1.54) is 0 Å². The molecule has 20 atom stereocenters. The summed E-state index contributed by atoms with van der Waals surface area (Å²) in [6, 6.07) is 0. The first-order valence-electron chi connectivity index (χ1n) is 22.9. The van der Waals surface area contributed by atoms with Crippen LogP contribution < -0.4 is 0 Å². The standard InChI is InChI=1S/C48H72O14/c1-11-25(2)43-28(5)17-18-47(62-43)23-34-20-33(61-47)16-15-27(4)42(26(3)13-12-14-32-24-55-45-40(49)29(6)19-35(46(51)58-34)48(32,45)52)59-39-22-37(54-10)44(31(8)57-39)60-38-21-36(53-9)41(50)30(7)56-38/h12-15,17-19,25-26,28,30-31,33-45,49-50,52H,11,16,20-24H2,1-10H3/b13-12+,27-15+,32-14+/t25-,26-,28-,30-,31-,33+,34-,35-,36-,37-,38-,39-,40+,41-,42-,43+,44+,45+,47+,48+/m0/s1. The van der Waals surface area contributed by atoms with Crippen LogP contribution in [0.2, 0.25) is 0 Å². The van der Waals surface area contributed by atoms with Gasteiger partial charge in [0, 0.05) is 51.7 Å². The van der Waals surface area contributed by atoms with Gasteiger partial charge in [-0.25, -0.2) is 0 Å². The molecule has 4 fully saturated rings. The van der Waals surface area contributed by atoms with Crippen LogP contribution in [0.25, 0.3) is 0 Å². The molecule has 0 amide bonds. The summed E-state index contributed by atoms with van der Waals surface area (Å²) < 4.78 is 63.7. The molecule has 0 radical (unpaired) electrons. The van der Waals surface area contributed by atoms with Gasteiger partial charge >= 0.3 is 5.97 Å². The number of methoxy groups -OCH3 is 2. The topological polar surface area (TPSA) is 170 Å². The van der Waals surface area contributed by atoms with Gasteiger partial charge in [-0.2, -0.15) is 0 Å². The summed E-state index contributed by atoms with van der Waals surface area (Å²) in [5.74, 6) is -2.56. The van der Waals surface area contributed by atoms with Crippen molar-refractivity contribution in [2.45, 2.75) is 191 Å². The number of hydrogen-bond acceptors (Lipinski definition) is 14. The van der Waals surface area contributed by atoms with Crippen molar-refractivity contribution in [2.24, 2.45) is 23.7 Å². The molecule has 0 saturated carbocycles. The molecule has 7 aliphatic rings. The van der Waals surface area contributed by atoms with Crippen molar-refractivity contribution in [1.29, 1.82) is 0 Å². The van der Waals surface area contributed by atoms with Crippen molar-refractivity contribution in [3.8, 4) is 0 Å². The Morgan fingerprint density at radius 3 is 2.32 bits per heavy atom. The van der Waals surface area contributed by atoms with Crippen LogP contribution in [-0.4, -0.2) is 139 Å². The van der Waals surface area contributed by atoms with Gasteiger partial charge in [-0.05, 0) is 62.8 Å². The van der Waals surface area contributed by atoms with Gasteiger partial charge in [-0.1, -0.05) is 70.6 Å². The normalized spacial score (nSPS) is 49.1. The van der Waals surface area contributed by atoms with Gasteiger partial charge in [0.2, 0.25) is 0 Å². The highest BCUT2D eigenvalue weighted by Crippen LogP contribution is 2.47. The summed E-state index contributed by atoms with van der Waals surface area (Å²) in [6.45, 7) is 16.1. The first-order valence-corrected chi connectivity index (χ1v) is 22.9. The molecular formula is C48H72O14. The second-order valence-corrected chi connectivity index (χ2v) is 19.0. The molecule has 7 rings (SSSR count). The molecule has 2 bridgehead atoms. The van der Waals surface area contributed by atoms with Gasteiger partial charge < -0.3 is 62.7 Å². The Morgan fingerprint density at radius 1 is 0.887 bits per heavy atom. The van der Waals surface area contributed by atoms with Crippen molar-refractivity contribution >= 4 is 5.97 Å². The SMILES string of the molecule is CC[C@H](C)[C@H]1O[C@]2(C=C[C@@H]1C)C[C@@H]1C[C@@H](C/C=C(\C)[C@@H](O[C@H]3C[C@H](OC)[C@H](O[C@H]4C[C@H](OC)[C@@H](O)[C@H](C)O4)[C@H](C)O3)[C@@H](C)/C=C/C=C3\CO[C@@H]4[C@H](O)C(C)=C[C@@H](C(=O)O1)[C@]34O)O2. The number of fused-ring (bicyclic) bond motifs is 2. The molecular weight excluding hydrogens is 801 g/mol. The number of allylic oxidation sites excluding steroid dienone is 2. The number of aliphatic hydroxyl groups excluding tert-OH is 2. The van der Waals surface area contributed by atoms with Gasteiger partial charge in [0.25, 0.3) is 0 Å². The molecule has 0 aromatic rings. The minimum Gasteiger partial charge on any atom is -0.462 e. The van der Waals surface area contributed by atoms with Gasteiger partial charge in [-0.15, -0.1) is 0 Å². The van der Waals surface area contributed by atoms with E-state index in [0.717, 1.165) is 12.0 Å². The summed E-state index contributed by atoms with van der Waals surface area (Å²) in [4.78, 5) is 14.3. The van der Waals surface area contributed by atoms with Crippen LogP contribution in [0, 0.1) is 23.7 Å². The molecule has 62 heavy (non-hydrogen) atoms. The van der Waals surface area contributed by atoms with Crippen LogP contribution in [0.1, 0.15) is 93.9 Å². The first-order chi connectivity index (χ1) is 29.5. The zero-order valence-electron chi connectivity index (χ0n) is 38.2. The lowest BCUT2D eigenvalue weighted by Gasteiger charge is -2.48. The third-order valence-corrected chi connectivity index (χ3v) is 14.5. The van der Waals surface area contributed by atoms with E-state index in [4.69, 9.17) is 47.4 Å². The van der Waals surface area contributed by atoms with E-state index in [2.05, 4.69) is 39.8 Å². The van der Waals surface area contributed by atoms with Gasteiger partial charge in [0.15, 0.2) is 18.4 Å². The van der Waals surface area contributed by atoms with Gasteiger partial charge in [0.1, 0.15) is 42.0 Å². The fourth-order valence-electron chi connectivity index (χ4n) is 10.6. The molecule has 0 aromatic heterocycles. The Bertz CT molecular complexity index is 1730. The second-order valence-electron chi connectivity index (χ2n) is 19.0. The molecule has 14 nitrogen and oxygen atoms in total. The first kappa shape index (κ1) is 47.6. The van der Waals surface area contributed by atoms with Crippen molar-refractivity contribution in [3.05, 3.63) is 59.3 Å². The van der Waals surface area contributed by atoms with Crippen LogP contribution in [-0.2, 0) is 52.2 Å². The maximum atomic E-state index is 14.3. The molecule has 0 unspecified atom stereocenters. The summed E-state index contributed by atoms with van der Waals surface area (Å²) in [7, 11) is 3.22. The largest absolute Gasteiger partial charge is 0.462 e. The quantitative estimate of drug-likeness (QED) is 0.210. The molecule has 6 heterocycles. The van der Waals surface area contributed by atoms with E-state index in [9.17, 15) is 20.1 Å². The monoisotopic (exact) mass is 872 g/mol. The number of rotatable bonds is 8. The predicted molar refractivity (Wildman–Crippen MR) is 227 cm³/mol. The number of hydrogen-bond donors (Lipinski definition) is 3. The number of ether oxygens (including phenoxy) is 10. The van der Waals surface area contributed by atoms with Crippen LogP contribution in [0.4, 0.5) is 0 Å². The van der Waals surface area contributed by atoms with E-state index in [0.29, 0.717) is 43.3 Å². The van der Waals surface area contributed by atoms with Crippen LogP contribution in [0.3, 0.4) is 0 Å². The molecule has 6 aliphatic heterocycles. The lowest BCUT2D eigenvalue weighted by molar-refractivity contribution is -0.318. The summed E-state index contributed by atoms with van der Waals surface area (Å²) in [6.07, 6.45) is 8.55. The van der Waals surface area contributed by atoms with Crippen LogP contribution in [0.15, 0.2) is 59.3 Å². The summed E-state index contributed by atoms with van der Waals surface area (Å²) >= 11 is 0. The maximum Gasteiger partial charge on any atom is 0.316 e. The third kappa shape index (κ3) is 9.64. The Hall–Kier alpha value is -2.31. The highest BCUT2D eigenvalue weighted by atomic mass is 16.7. The lowest BCUT2D eigenvalue weighted by atomic mass is 9.71. The number of carbonyl (C=O) groups is 1. The Labute approximate surface area is 367 Å². The van der Waals surface area contributed by atoms with Crippen molar-refractivity contribution in [2.75, 3.05) is 20.8 Å². The second kappa shape index (κ2) is 19.7. The Kier molecular flexibility index (Phi) is 15.1. The molecule has 1 aliphatic carbocycles. The Morgan fingerprint density at radius 2 is 1.60 bits per heavy atom. The van der Waals surface area contributed by atoms with E-state index in [1.807, 2.05) is 32.1 Å². The van der Waals surface area contributed by atoms with Gasteiger partial charge in [0.05, 0.1) is 49.3 Å². The number of carbonyl (C=O) groups excluding carboxylic acids is 1. The minimum atomic E-state index is -1.84. The van der Waals surface area contributed by atoms with E-state index >= 15 is 0 Å². The average molecular weight is 873 g/mol. The van der Waals surface area contributed by atoms with E-state index in [-0.39, 0.29) is 42.7 Å². The number of aliphatic hydroxyl groups is 3. The third-order valence-electron chi connectivity index (χ3n) is 14.5. The highest BCUT2D eigenvalue weighted by Gasteiger charge is 2.60. The zero-order chi connectivity index (χ0) is 44.7. The lowest BCUT2D eigenvalue weighted by Crippen LogP contribution is -2.58. The fourth-order valence-corrected chi connectivity index (χ4v) is 10.6. The molecule has 14 heteroatoms. The zero-order valence-corrected chi connectivity index (χ0v) is 38.2. The molecule has 4 saturated heterocycles.